The van der Waals surface area contributed by atoms with Gasteiger partial charge in [-0.15, -0.1) is 0 Å². The lowest BCUT2D eigenvalue weighted by Crippen LogP contribution is -2.39. The summed E-state index contributed by atoms with van der Waals surface area (Å²) in [7, 11) is 1.49. The highest BCUT2D eigenvalue weighted by Crippen LogP contribution is 2.26. The minimum Gasteiger partial charge on any atom is -0.345 e. The molecule has 1 amide bonds. The summed E-state index contributed by atoms with van der Waals surface area (Å²) in [4.78, 5) is 11.9. The number of guanidine groups is 1. The van der Waals surface area contributed by atoms with Crippen LogP contribution in [0, 0.1) is 11.2 Å². The van der Waals surface area contributed by atoms with Crippen molar-refractivity contribution in [2.45, 2.75) is 6.04 Å². The van der Waals surface area contributed by atoms with Crippen LogP contribution in [0.25, 0.3) is 0 Å². The fourth-order valence-electron chi connectivity index (χ4n) is 1.99. The zero-order chi connectivity index (χ0) is 16.1. The highest BCUT2D eigenvalue weighted by molar-refractivity contribution is 9.10. The van der Waals surface area contributed by atoms with Gasteiger partial charge >= 0.3 is 0 Å². The highest BCUT2D eigenvalue weighted by Gasteiger charge is 2.17. The molecule has 2 aromatic rings. The third-order valence-corrected chi connectivity index (χ3v) is 3.81. The first-order valence-corrected chi connectivity index (χ1v) is 7.35. The van der Waals surface area contributed by atoms with Crippen molar-refractivity contribution in [3.8, 4) is 0 Å². The number of nitrogens with one attached hydrogen (secondary N) is 2. The second-order valence-corrected chi connectivity index (χ2v) is 5.58. The molecule has 0 spiro atoms. The van der Waals surface area contributed by atoms with Crippen molar-refractivity contribution in [2.24, 2.45) is 0 Å². The summed E-state index contributed by atoms with van der Waals surface area (Å²) < 4.78 is 13.8. The van der Waals surface area contributed by atoms with Crippen molar-refractivity contribution in [2.75, 3.05) is 7.05 Å². The summed E-state index contributed by atoms with van der Waals surface area (Å²) in [5, 5.41) is 10.9. The summed E-state index contributed by atoms with van der Waals surface area (Å²) in [6.45, 7) is 0. The van der Waals surface area contributed by atoms with E-state index in [9.17, 15) is 9.18 Å². The fraction of sp³-hybridized carbons (Fsp3) is 0.125. The van der Waals surface area contributed by atoms with Crippen LogP contribution in [0.3, 0.4) is 0 Å². The molecule has 2 N–H and O–H groups in total. The van der Waals surface area contributed by atoms with Gasteiger partial charge in [-0.3, -0.25) is 15.1 Å². The van der Waals surface area contributed by atoms with Gasteiger partial charge in [0.25, 0.3) is 0 Å². The molecule has 0 aromatic heterocycles. The van der Waals surface area contributed by atoms with E-state index in [0.717, 1.165) is 16.0 Å². The van der Waals surface area contributed by atoms with Crippen molar-refractivity contribution in [3.05, 3.63) is 69.9 Å². The number of halogens is 2. The first kappa shape index (κ1) is 16.2. The standard InChI is InChI=1S/C16H15BrFN3O/c1-21(10-22)16(19)20-15(11-5-3-2-4-6-11)12-7-8-14(18)13(17)9-12/h2-10,15H,1H3,(H2,19,20). The normalized spacial score (nSPS) is 11.6. The number of amides is 1. The Balaban J connectivity index is 2.39. The van der Waals surface area contributed by atoms with Crippen molar-refractivity contribution in [3.63, 3.8) is 0 Å². The van der Waals surface area contributed by atoms with Gasteiger partial charge in [-0.05, 0) is 39.2 Å². The van der Waals surface area contributed by atoms with Crippen molar-refractivity contribution >= 4 is 28.3 Å². The lowest BCUT2D eigenvalue weighted by Gasteiger charge is -2.24. The lowest BCUT2D eigenvalue weighted by molar-refractivity contribution is -0.114. The van der Waals surface area contributed by atoms with E-state index in [-0.39, 0.29) is 17.8 Å². The number of hydrogen-bond acceptors (Lipinski definition) is 2. The molecule has 0 aliphatic carbocycles. The topological polar surface area (TPSA) is 56.2 Å². The van der Waals surface area contributed by atoms with Crippen molar-refractivity contribution < 1.29 is 9.18 Å². The van der Waals surface area contributed by atoms with Gasteiger partial charge < -0.3 is 5.32 Å². The van der Waals surface area contributed by atoms with Crippen LogP contribution in [-0.2, 0) is 4.79 Å². The Morgan fingerprint density at radius 3 is 2.55 bits per heavy atom. The number of carbonyl (C=O) groups excluding carboxylic acids is 1. The molecule has 1 unspecified atom stereocenters. The molecule has 2 rings (SSSR count). The second kappa shape index (κ2) is 7.17. The van der Waals surface area contributed by atoms with E-state index in [1.54, 1.807) is 12.1 Å². The van der Waals surface area contributed by atoms with Crippen LogP contribution in [0.1, 0.15) is 17.2 Å². The minimum absolute atomic E-state index is 0.0377. The Labute approximate surface area is 136 Å². The van der Waals surface area contributed by atoms with Gasteiger partial charge in [-0.1, -0.05) is 36.4 Å². The predicted molar refractivity (Wildman–Crippen MR) is 87.1 cm³/mol. The minimum atomic E-state index is -0.368. The molecule has 114 valence electrons. The Morgan fingerprint density at radius 1 is 1.27 bits per heavy atom. The first-order chi connectivity index (χ1) is 10.5. The van der Waals surface area contributed by atoms with Gasteiger partial charge in [0, 0.05) is 7.05 Å². The third-order valence-electron chi connectivity index (χ3n) is 3.20. The third kappa shape index (κ3) is 3.71. The van der Waals surface area contributed by atoms with Gasteiger partial charge in [-0.2, -0.15) is 0 Å². The van der Waals surface area contributed by atoms with Gasteiger partial charge in [-0.25, -0.2) is 4.39 Å². The van der Waals surface area contributed by atoms with E-state index >= 15 is 0 Å². The Hall–Kier alpha value is -2.21. The molecule has 6 heteroatoms. The average Bonchev–Trinajstić information content (AvgIpc) is 2.55. The molecule has 0 fully saturated rings. The Morgan fingerprint density at radius 2 is 1.95 bits per heavy atom. The monoisotopic (exact) mass is 363 g/mol. The van der Waals surface area contributed by atoms with Crippen molar-refractivity contribution in [1.29, 1.82) is 5.41 Å². The van der Waals surface area contributed by atoms with E-state index in [2.05, 4.69) is 21.2 Å². The molecule has 0 bridgehead atoms. The molecular formula is C16H15BrFN3O. The fourth-order valence-corrected chi connectivity index (χ4v) is 2.38. The molecule has 0 heterocycles. The van der Waals surface area contributed by atoms with Crippen LogP contribution in [-0.4, -0.2) is 24.3 Å². The van der Waals surface area contributed by atoms with Gasteiger partial charge in [0.2, 0.25) is 6.41 Å². The number of benzene rings is 2. The zero-order valence-electron chi connectivity index (χ0n) is 11.9. The summed E-state index contributed by atoms with van der Waals surface area (Å²) in [6, 6.07) is 13.8. The number of carbonyl (C=O) groups is 1. The summed E-state index contributed by atoms with van der Waals surface area (Å²) in [6.07, 6.45) is 0.554. The smallest absolute Gasteiger partial charge is 0.216 e. The maximum atomic E-state index is 13.4. The number of nitrogens with zero attached hydrogens (tertiary/aromatic N) is 1. The molecular weight excluding hydrogens is 349 g/mol. The number of hydrogen-bond donors (Lipinski definition) is 2. The molecule has 0 aliphatic rings. The summed E-state index contributed by atoms with van der Waals surface area (Å²) in [5.74, 6) is -0.389. The van der Waals surface area contributed by atoms with Crippen molar-refractivity contribution in [1.82, 2.24) is 10.2 Å². The maximum Gasteiger partial charge on any atom is 0.216 e. The molecule has 2 aromatic carbocycles. The quantitative estimate of drug-likeness (QED) is 0.497. The van der Waals surface area contributed by atoms with E-state index in [1.165, 1.54) is 13.1 Å². The second-order valence-electron chi connectivity index (χ2n) is 4.73. The Kier molecular flexibility index (Phi) is 5.27. The van der Waals surface area contributed by atoms with E-state index < -0.39 is 0 Å². The molecule has 4 nitrogen and oxygen atoms in total. The molecule has 0 radical (unpaired) electrons. The Bertz CT molecular complexity index is 678. The lowest BCUT2D eigenvalue weighted by atomic mass is 9.99. The largest absolute Gasteiger partial charge is 0.345 e. The molecule has 0 saturated heterocycles. The van der Waals surface area contributed by atoms with E-state index in [0.29, 0.717) is 10.9 Å². The maximum absolute atomic E-state index is 13.4. The van der Waals surface area contributed by atoms with Gasteiger partial charge in [0.15, 0.2) is 5.96 Å². The molecule has 1 atom stereocenters. The van der Waals surface area contributed by atoms with Crippen LogP contribution in [0.4, 0.5) is 4.39 Å². The van der Waals surface area contributed by atoms with Gasteiger partial charge in [0.1, 0.15) is 5.82 Å². The highest BCUT2D eigenvalue weighted by atomic mass is 79.9. The van der Waals surface area contributed by atoms with Gasteiger partial charge in [0.05, 0.1) is 10.5 Å². The van der Waals surface area contributed by atoms with Crippen LogP contribution < -0.4 is 5.32 Å². The first-order valence-electron chi connectivity index (χ1n) is 6.56. The molecule has 0 aliphatic heterocycles. The zero-order valence-corrected chi connectivity index (χ0v) is 13.5. The van der Waals surface area contributed by atoms with Crippen LogP contribution >= 0.6 is 15.9 Å². The molecule has 0 saturated carbocycles. The number of rotatable bonds is 4. The average molecular weight is 364 g/mol. The predicted octanol–water partition coefficient (Wildman–Crippen LogP) is 3.29. The van der Waals surface area contributed by atoms with E-state index in [1.807, 2.05) is 30.3 Å². The summed E-state index contributed by atoms with van der Waals surface area (Å²) in [5.41, 5.74) is 1.69. The van der Waals surface area contributed by atoms with Crippen LogP contribution in [0.2, 0.25) is 0 Å². The van der Waals surface area contributed by atoms with Crippen LogP contribution in [0.5, 0.6) is 0 Å². The summed E-state index contributed by atoms with van der Waals surface area (Å²) >= 11 is 3.17. The SMILES string of the molecule is CN(C=O)C(=N)NC(c1ccccc1)c1ccc(F)c(Br)c1. The van der Waals surface area contributed by atoms with Crippen LogP contribution in [0.15, 0.2) is 53.0 Å². The van der Waals surface area contributed by atoms with E-state index in [4.69, 9.17) is 5.41 Å². The molecule has 22 heavy (non-hydrogen) atoms.